The molecule has 1 fully saturated rings. The van der Waals surface area contributed by atoms with Crippen LogP contribution in [0.4, 0.5) is 5.69 Å². The topological polar surface area (TPSA) is 49.4 Å². The number of para-hydroxylation sites is 1. The molecule has 0 bridgehead atoms. The molecule has 0 saturated carbocycles. The second-order valence-electron chi connectivity index (χ2n) is 4.64. The molecule has 0 aromatic heterocycles. The first-order valence-corrected chi connectivity index (χ1v) is 7.32. The average molecular weight is 325 g/mol. The van der Waals surface area contributed by atoms with Crippen LogP contribution < -0.4 is 5.32 Å². The average Bonchev–Trinajstić information content (AvgIpc) is 2.69. The zero-order chi connectivity index (χ0) is 13.7. The van der Waals surface area contributed by atoms with Gasteiger partial charge in [0.1, 0.15) is 0 Å². The Morgan fingerprint density at radius 2 is 1.68 bits per heavy atom. The van der Waals surface area contributed by atoms with Crippen LogP contribution in [0.2, 0.25) is 0 Å². The maximum absolute atomic E-state index is 12.1. The van der Waals surface area contributed by atoms with Gasteiger partial charge in [-0.1, -0.05) is 25.0 Å². The smallest absolute Gasteiger partial charge is 0.313 e. The van der Waals surface area contributed by atoms with E-state index in [-0.39, 0.29) is 0 Å². The number of halogens is 1. The first kappa shape index (κ1) is 14.1. The molecule has 2 rings (SSSR count). The molecule has 1 aliphatic rings. The minimum Gasteiger partial charge on any atom is -0.334 e. The minimum atomic E-state index is -0.561. The van der Waals surface area contributed by atoms with Crippen LogP contribution in [0, 0.1) is 0 Å². The summed E-state index contributed by atoms with van der Waals surface area (Å²) in [6, 6.07) is 7.26. The normalized spacial score (nSPS) is 15.7. The number of hydrogen-bond acceptors (Lipinski definition) is 2. The van der Waals surface area contributed by atoms with Crippen LogP contribution in [0.5, 0.6) is 0 Å². The number of carbonyl (C=O) groups excluding carboxylic acids is 2. The zero-order valence-electron chi connectivity index (χ0n) is 10.7. The van der Waals surface area contributed by atoms with E-state index in [1.807, 2.05) is 18.2 Å². The third-order valence-corrected chi connectivity index (χ3v) is 3.90. The summed E-state index contributed by atoms with van der Waals surface area (Å²) in [7, 11) is 0. The summed E-state index contributed by atoms with van der Waals surface area (Å²) in [6.07, 6.45) is 4.23. The lowest BCUT2D eigenvalue weighted by molar-refractivity contribution is -0.143. The second-order valence-corrected chi connectivity index (χ2v) is 5.49. The Bertz CT molecular complexity index is 468. The molecule has 0 spiro atoms. The molecule has 0 aliphatic carbocycles. The van der Waals surface area contributed by atoms with E-state index in [0.717, 1.165) is 30.2 Å². The fourth-order valence-electron chi connectivity index (χ4n) is 2.16. The second kappa shape index (κ2) is 6.70. The van der Waals surface area contributed by atoms with Crippen LogP contribution in [0.3, 0.4) is 0 Å². The van der Waals surface area contributed by atoms with Gasteiger partial charge in [0.2, 0.25) is 0 Å². The van der Waals surface area contributed by atoms with Crippen molar-refractivity contribution in [2.75, 3.05) is 18.4 Å². The zero-order valence-corrected chi connectivity index (χ0v) is 12.3. The summed E-state index contributed by atoms with van der Waals surface area (Å²) in [5.74, 6) is -0.994. The molecule has 1 aromatic rings. The van der Waals surface area contributed by atoms with Crippen LogP contribution in [-0.4, -0.2) is 29.8 Å². The van der Waals surface area contributed by atoms with E-state index in [1.54, 1.807) is 11.0 Å². The molecule has 1 aliphatic heterocycles. The first-order chi connectivity index (χ1) is 9.18. The molecule has 1 N–H and O–H groups in total. The molecule has 2 amide bonds. The Hall–Kier alpha value is -1.36. The summed E-state index contributed by atoms with van der Waals surface area (Å²) in [4.78, 5) is 25.7. The molecule has 0 unspecified atom stereocenters. The Kier molecular flexibility index (Phi) is 4.96. The van der Waals surface area contributed by atoms with E-state index in [0.29, 0.717) is 18.8 Å². The van der Waals surface area contributed by atoms with Gasteiger partial charge in [-0.3, -0.25) is 9.59 Å². The fourth-order valence-corrected chi connectivity index (χ4v) is 2.54. The Morgan fingerprint density at radius 1 is 1.05 bits per heavy atom. The SMILES string of the molecule is O=C(Nc1ccccc1Br)C(=O)N1CCCCCC1. The highest BCUT2D eigenvalue weighted by Crippen LogP contribution is 2.21. The van der Waals surface area contributed by atoms with E-state index >= 15 is 0 Å². The molecule has 0 radical (unpaired) electrons. The molecule has 102 valence electrons. The number of hydrogen-bond donors (Lipinski definition) is 1. The molecule has 1 aromatic carbocycles. The summed E-state index contributed by atoms with van der Waals surface area (Å²) in [5, 5.41) is 2.65. The lowest BCUT2D eigenvalue weighted by atomic mass is 10.2. The maximum Gasteiger partial charge on any atom is 0.313 e. The third kappa shape index (κ3) is 3.80. The van der Waals surface area contributed by atoms with Crippen molar-refractivity contribution >= 4 is 33.4 Å². The van der Waals surface area contributed by atoms with Crippen LogP contribution in [-0.2, 0) is 9.59 Å². The van der Waals surface area contributed by atoms with Crippen molar-refractivity contribution in [1.82, 2.24) is 4.90 Å². The molecule has 1 saturated heterocycles. The fraction of sp³-hybridized carbons (Fsp3) is 0.429. The Balaban J connectivity index is 1.99. The van der Waals surface area contributed by atoms with Crippen LogP contribution in [0.25, 0.3) is 0 Å². The number of nitrogens with one attached hydrogen (secondary N) is 1. The van der Waals surface area contributed by atoms with Gasteiger partial charge in [-0.15, -0.1) is 0 Å². The van der Waals surface area contributed by atoms with Gasteiger partial charge in [0.15, 0.2) is 0 Å². The van der Waals surface area contributed by atoms with Gasteiger partial charge >= 0.3 is 11.8 Å². The van der Waals surface area contributed by atoms with Crippen molar-refractivity contribution in [2.24, 2.45) is 0 Å². The van der Waals surface area contributed by atoms with Gasteiger partial charge in [0.25, 0.3) is 0 Å². The predicted molar refractivity (Wildman–Crippen MR) is 77.8 cm³/mol. The van der Waals surface area contributed by atoms with Gasteiger partial charge in [0, 0.05) is 17.6 Å². The minimum absolute atomic E-state index is 0.433. The van der Waals surface area contributed by atoms with Gasteiger partial charge in [-0.2, -0.15) is 0 Å². The Labute approximate surface area is 121 Å². The van der Waals surface area contributed by atoms with Crippen molar-refractivity contribution in [3.05, 3.63) is 28.7 Å². The maximum atomic E-state index is 12.1. The largest absolute Gasteiger partial charge is 0.334 e. The molecule has 5 heteroatoms. The molecule has 0 atom stereocenters. The van der Waals surface area contributed by atoms with Crippen LogP contribution in [0.1, 0.15) is 25.7 Å². The van der Waals surface area contributed by atoms with Crippen molar-refractivity contribution in [2.45, 2.75) is 25.7 Å². The number of amides is 2. The summed E-state index contributed by atoms with van der Waals surface area (Å²) >= 11 is 3.34. The highest BCUT2D eigenvalue weighted by Gasteiger charge is 2.22. The first-order valence-electron chi connectivity index (χ1n) is 6.53. The van der Waals surface area contributed by atoms with Gasteiger partial charge in [-0.05, 0) is 40.9 Å². The standard InChI is InChI=1S/C14H17BrN2O2/c15-11-7-3-4-8-12(11)16-13(18)14(19)17-9-5-1-2-6-10-17/h3-4,7-8H,1-2,5-6,9-10H2,(H,16,18). The number of benzene rings is 1. The predicted octanol–water partition coefficient (Wildman–Crippen LogP) is 2.79. The summed E-state index contributed by atoms with van der Waals surface area (Å²) < 4.78 is 0.770. The summed E-state index contributed by atoms with van der Waals surface area (Å²) in [6.45, 7) is 1.37. The van der Waals surface area contributed by atoms with E-state index < -0.39 is 11.8 Å². The van der Waals surface area contributed by atoms with E-state index in [4.69, 9.17) is 0 Å². The van der Waals surface area contributed by atoms with Crippen LogP contribution in [0.15, 0.2) is 28.7 Å². The number of rotatable bonds is 1. The van der Waals surface area contributed by atoms with Crippen molar-refractivity contribution in [3.63, 3.8) is 0 Å². The Morgan fingerprint density at radius 3 is 2.32 bits per heavy atom. The van der Waals surface area contributed by atoms with Crippen molar-refractivity contribution < 1.29 is 9.59 Å². The van der Waals surface area contributed by atoms with E-state index in [2.05, 4.69) is 21.2 Å². The monoisotopic (exact) mass is 324 g/mol. The van der Waals surface area contributed by atoms with Crippen molar-refractivity contribution in [3.8, 4) is 0 Å². The number of likely N-dealkylation sites (tertiary alicyclic amines) is 1. The van der Waals surface area contributed by atoms with Crippen molar-refractivity contribution in [1.29, 1.82) is 0 Å². The summed E-state index contributed by atoms with van der Waals surface area (Å²) in [5.41, 5.74) is 0.621. The third-order valence-electron chi connectivity index (χ3n) is 3.21. The van der Waals surface area contributed by atoms with Crippen LogP contribution >= 0.6 is 15.9 Å². The molecular formula is C14H17BrN2O2. The molecule has 19 heavy (non-hydrogen) atoms. The quantitative estimate of drug-likeness (QED) is 0.807. The number of carbonyl (C=O) groups is 2. The van der Waals surface area contributed by atoms with E-state index in [1.165, 1.54) is 0 Å². The molecule has 1 heterocycles. The highest BCUT2D eigenvalue weighted by molar-refractivity contribution is 9.10. The molecule has 4 nitrogen and oxygen atoms in total. The van der Waals surface area contributed by atoms with Gasteiger partial charge in [-0.25, -0.2) is 0 Å². The van der Waals surface area contributed by atoms with Gasteiger partial charge in [0.05, 0.1) is 5.69 Å². The van der Waals surface area contributed by atoms with E-state index in [9.17, 15) is 9.59 Å². The highest BCUT2D eigenvalue weighted by atomic mass is 79.9. The number of nitrogens with zero attached hydrogens (tertiary/aromatic N) is 1. The lowest BCUT2D eigenvalue weighted by Gasteiger charge is -2.19. The number of anilines is 1. The molecular weight excluding hydrogens is 308 g/mol. The lowest BCUT2D eigenvalue weighted by Crippen LogP contribution is -2.40. The van der Waals surface area contributed by atoms with Gasteiger partial charge < -0.3 is 10.2 Å².